The Labute approximate surface area is 78.3 Å². The Hall–Kier alpha value is -1.50. The van der Waals surface area contributed by atoms with Crippen molar-refractivity contribution in [2.45, 2.75) is 6.92 Å². The Morgan fingerprint density at radius 2 is 2.08 bits per heavy atom. The molecular formula is C12H13N. The van der Waals surface area contributed by atoms with E-state index in [4.69, 9.17) is 0 Å². The van der Waals surface area contributed by atoms with Gasteiger partial charge in [-0.1, -0.05) is 18.2 Å². The van der Waals surface area contributed by atoms with Gasteiger partial charge in [0.15, 0.2) is 0 Å². The molecule has 0 spiro atoms. The molecule has 1 heteroatoms. The topological polar surface area (TPSA) is 4.93 Å². The molecule has 0 N–H and O–H groups in total. The quantitative estimate of drug-likeness (QED) is 0.621. The van der Waals surface area contributed by atoms with Gasteiger partial charge in [0.1, 0.15) is 0 Å². The molecule has 13 heavy (non-hydrogen) atoms. The Morgan fingerprint density at radius 3 is 2.85 bits per heavy atom. The van der Waals surface area contributed by atoms with Gasteiger partial charge in [0.25, 0.3) is 0 Å². The highest BCUT2D eigenvalue weighted by Crippen LogP contribution is 2.17. The molecule has 0 fully saturated rings. The van der Waals surface area contributed by atoms with E-state index < -0.39 is 0 Å². The van der Waals surface area contributed by atoms with Crippen molar-refractivity contribution in [3.63, 3.8) is 0 Å². The summed E-state index contributed by atoms with van der Waals surface area (Å²) in [5.74, 6) is 0. The highest BCUT2D eigenvalue weighted by atomic mass is 14.9. The largest absolute Gasteiger partial charge is 0.351 e. The molecule has 2 aromatic rings. The Balaban J connectivity index is 2.63. The zero-order valence-electron chi connectivity index (χ0n) is 7.99. The average Bonchev–Trinajstić information content (AvgIpc) is 2.48. The third kappa shape index (κ3) is 1.37. The molecule has 0 bridgehead atoms. The molecule has 0 amide bonds. The maximum absolute atomic E-state index is 2.20. The van der Waals surface area contributed by atoms with Crippen LogP contribution in [0.1, 0.15) is 12.5 Å². The summed E-state index contributed by atoms with van der Waals surface area (Å²) in [7, 11) is 2.07. The van der Waals surface area contributed by atoms with E-state index in [9.17, 15) is 0 Å². The number of fused-ring (bicyclic) bond motifs is 1. The summed E-state index contributed by atoms with van der Waals surface area (Å²) in [6.07, 6.45) is 6.26. The Morgan fingerprint density at radius 1 is 1.23 bits per heavy atom. The fourth-order valence-electron chi connectivity index (χ4n) is 1.60. The fraction of sp³-hybridized carbons (Fsp3) is 0.167. The van der Waals surface area contributed by atoms with Crippen LogP contribution >= 0.6 is 0 Å². The average molecular weight is 171 g/mol. The van der Waals surface area contributed by atoms with Crippen molar-refractivity contribution in [1.82, 2.24) is 4.57 Å². The van der Waals surface area contributed by atoms with Crippen molar-refractivity contribution in [3.05, 3.63) is 42.1 Å². The van der Waals surface area contributed by atoms with Crippen molar-refractivity contribution in [2.75, 3.05) is 0 Å². The number of hydrogen-bond donors (Lipinski definition) is 0. The molecule has 2 rings (SSSR count). The van der Waals surface area contributed by atoms with Crippen LogP contribution in [0.15, 0.2) is 36.5 Å². The lowest BCUT2D eigenvalue weighted by molar-refractivity contribution is 0.969. The normalized spacial score (nSPS) is 11.5. The summed E-state index contributed by atoms with van der Waals surface area (Å²) in [5.41, 5.74) is 2.55. The third-order valence-corrected chi connectivity index (χ3v) is 2.27. The van der Waals surface area contributed by atoms with E-state index >= 15 is 0 Å². The van der Waals surface area contributed by atoms with E-state index in [0.717, 1.165) is 0 Å². The van der Waals surface area contributed by atoms with E-state index in [2.05, 4.69) is 54.2 Å². The van der Waals surface area contributed by atoms with Crippen LogP contribution < -0.4 is 0 Å². The summed E-state index contributed by atoms with van der Waals surface area (Å²) >= 11 is 0. The second-order valence-corrected chi connectivity index (χ2v) is 3.24. The molecule has 0 radical (unpaired) electrons. The number of aromatic nitrogens is 1. The maximum Gasteiger partial charge on any atom is 0.0478 e. The molecule has 0 saturated heterocycles. The van der Waals surface area contributed by atoms with Crippen LogP contribution in [0.5, 0.6) is 0 Å². The summed E-state index contributed by atoms with van der Waals surface area (Å²) in [4.78, 5) is 0. The van der Waals surface area contributed by atoms with Crippen LogP contribution in [0.3, 0.4) is 0 Å². The minimum atomic E-state index is 1.27. The van der Waals surface area contributed by atoms with Crippen LogP contribution in [0.2, 0.25) is 0 Å². The number of aryl methyl sites for hydroxylation is 1. The lowest BCUT2D eigenvalue weighted by Gasteiger charge is -1.97. The summed E-state index contributed by atoms with van der Waals surface area (Å²) < 4.78 is 2.13. The first-order chi connectivity index (χ1) is 6.31. The van der Waals surface area contributed by atoms with Gasteiger partial charge < -0.3 is 4.57 Å². The van der Waals surface area contributed by atoms with Crippen molar-refractivity contribution >= 4 is 17.0 Å². The number of rotatable bonds is 1. The lowest BCUT2D eigenvalue weighted by atomic mass is 10.1. The molecule has 1 nitrogen and oxygen atoms in total. The summed E-state index contributed by atoms with van der Waals surface area (Å²) in [5, 5.41) is 1.30. The lowest BCUT2D eigenvalue weighted by Crippen LogP contribution is -1.82. The van der Waals surface area contributed by atoms with Gasteiger partial charge in [-0.05, 0) is 30.7 Å². The smallest absolute Gasteiger partial charge is 0.0478 e. The molecule has 0 saturated carbocycles. The number of benzene rings is 1. The number of allylic oxidation sites excluding steroid dienone is 1. The van der Waals surface area contributed by atoms with Gasteiger partial charge >= 0.3 is 0 Å². The monoisotopic (exact) mass is 171 g/mol. The molecular weight excluding hydrogens is 158 g/mol. The Bertz CT molecular complexity index is 449. The predicted octanol–water partition coefficient (Wildman–Crippen LogP) is 3.21. The fourth-order valence-corrected chi connectivity index (χ4v) is 1.60. The summed E-state index contributed by atoms with van der Waals surface area (Å²) in [6.45, 7) is 2.04. The van der Waals surface area contributed by atoms with Crippen molar-refractivity contribution in [1.29, 1.82) is 0 Å². The van der Waals surface area contributed by atoms with Crippen LogP contribution in [0.25, 0.3) is 17.0 Å². The van der Waals surface area contributed by atoms with Gasteiger partial charge in [0.05, 0.1) is 0 Å². The predicted molar refractivity (Wildman–Crippen MR) is 57.6 cm³/mol. The van der Waals surface area contributed by atoms with Crippen molar-refractivity contribution < 1.29 is 0 Å². The molecule has 1 heterocycles. The van der Waals surface area contributed by atoms with E-state index in [1.165, 1.54) is 16.5 Å². The minimum absolute atomic E-state index is 1.27. The van der Waals surface area contributed by atoms with Crippen LogP contribution in [0.4, 0.5) is 0 Å². The van der Waals surface area contributed by atoms with Crippen LogP contribution in [0, 0.1) is 0 Å². The molecule has 1 aromatic heterocycles. The van der Waals surface area contributed by atoms with Gasteiger partial charge in [0, 0.05) is 24.1 Å². The standard InChI is InChI=1S/C12H13N/c1-3-4-10-5-6-12-11(9-10)7-8-13(12)2/h3-9H,1-2H3/b4-3+. The first kappa shape index (κ1) is 8.11. The molecule has 0 aliphatic carbocycles. The zero-order chi connectivity index (χ0) is 9.26. The van der Waals surface area contributed by atoms with Crippen molar-refractivity contribution in [3.8, 4) is 0 Å². The van der Waals surface area contributed by atoms with E-state index in [0.29, 0.717) is 0 Å². The van der Waals surface area contributed by atoms with E-state index in [1.807, 2.05) is 6.92 Å². The molecule has 0 atom stereocenters. The van der Waals surface area contributed by atoms with Crippen LogP contribution in [-0.4, -0.2) is 4.57 Å². The molecule has 0 unspecified atom stereocenters. The molecule has 0 aliphatic heterocycles. The van der Waals surface area contributed by atoms with E-state index in [-0.39, 0.29) is 0 Å². The molecule has 0 aliphatic rings. The second-order valence-electron chi connectivity index (χ2n) is 3.24. The third-order valence-electron chi connectivity index (χ3n) is 2.27. The highest BCUT2D eigenvalue weighted by molar-refractivity contribution is 5.82. The highest BCUT2D eigenvalue weighted by Gasteiger charge is 1.96. The minimum Gasteiger partial charge on any atom is -0.351 e. The van der Waals surface area contributed by atoms with Gasteiger partial charge in [0.2, 0.25) is 0 Å². The number of nitrogens with zero attached hydrogens (tertiary/aromatic N) is 1. The maximum atomic E-state index is 2.20. The SMILES string of the molecule is C/C=C/c1ccc2c(ccn2C)c1. The first-order valence-corrected chi connectivity index (χ1v) is 4.49. The van der Waals surface area contributed by atoms with Crippen LogP contribution in [-0.2, 0) is 7.05 Å². The Kier molecular flexibility index (Phi) is 1.93. The second kappa shape index (κ2) is 3.09. The van der Waals surface area contributed by atoms with Crippen molar-refractivity contribution in [2.24, 2.45) is 7.05 Å². The van der Waals surface area contributed by atoms with Gasteiger partial charge in [-0.2, -0.15) is 0 Å². The van der Waals surface area contributed by atoms with Gasteiger partial charge in [-0.25, -0.2) is 0 Å². The summed E-state index contributed by atoms with van der Waals surface area (Å²) in [6, 6.07) is 8.64. The molecule has 1 aromatic carbocycles. The first-order valence-electron chi connectivity index (χ1n) is 4.49. The van der Waals surface area contributed by atoms with E-state index in [1.54, 1.807) is 0 Å². The zero-order valence-corrected chi connectivity index (χ0v) is 7.99. The van der Waals surface area contributed by atoms with Gasteiger partial charge in [-0.3, -0.25) is 0 Å². The van der Waals surface area contributed by atoms with Gasteiger partial charge in [-0.15, -0.1) is 0 Å². The molecule has 66 valence electrons. The number of hydrogen-bond acceptors (Lipinski definition) is 0.